The molecule has 1 saturated heterocycles. The Hall–Kier alpha value is -2.27. The highest BCUT2D eigenvalue weighted by Gasteiger charge is 2.36. The van der Waals surface area contributed by atoms with Gasteiger partial charge >= 0.3 is 0 Å². The number of aldehydes is 1. The van der Waals surface area contributed by atoms with Gasteiger partial charge in [0.2, 0.25) is 5.91 Å². The number of aromatic nitrogens is 1. The second-order valence-corrected chi connectivity index (χ2v) is 6.99. The van der Waals surface area contributed by atoms with Crippen molar-refractivity contribution in [1.29, 1.82) is 0 Å². The number of benzene rings is 1. The van der Waals surface area contributed by atoms with E-state index in [1.54, 1.807) is 7.05 Å². The van der Waals surface area contributed by atoms with Crippen LogP contribution in [0.4, 0.5) is 0 Å². The molecule has 5 nitrogen and oxygen atoms in total. The van der Waals surface area contributed by atoms with E-state index in [-0.39, 0.29) is 11.3 Å². The minimum Gasteiger partial charge on any atom is -0.359 e. The molecule has 1 N–H and O–H groups in total. The van der Waals surface area contributed by atoms with Crippen LogP contribution in [0.25, 0.3) is 10.9 Å². The summed E-state index contributed by atoms with van der Waals surface area (Å²) in [5.74, 6) is 0.0218. The fourth-order valence-electron chi connectivity index (χ4n) is 3.78. The Bertz CT molecular complexity index is 746. The molecule has 0 spiro atoms. The number of amides is 1. The Balaban J connectivity index is 1.69. The summed E-state index contributed by atoms with van der Waals surface area (Å²) < 4.78 is 0. The SMILES string of the molecule is CNC(=O)CC1(CC=O)CCN(Cc2cccc3cccnc23)CC1. The summed E-state index contributed by atoms with van der Waals surface area (Å²) in [6.45, 7) is 2.65. The molecule has 2 heterocycles. The maximum atomic E-state index is 11.8. The zero-order valence-corrected chi connectivity index (χ0v) is 14.7. The van der Waals surface area contributed by atoms with Crippen LogP contribution in [0.5, 0.6) is 0 Å². The molecule has 0 unspecified atom stereocenters. The normalized spacial score (nSPS) is 17.3. The first-order chi connectivity index (χ1) is 12.2. The van der Waals surface area contributed by atoms with Crippen LogP contribution in [0, 0.1) is 5.41 Å². The number of rotatable bonds is 6. The Morgan fingerprint density at radius 2 is 2.04 bits per heavy atom. The topological polar surface area (TPSA) is 62.3 Å². The van der Waals surface area contributed by atoms with Crippen LogP contribution in [0.2, 0.25) is 0 Å². The molecule has 0 aliphatic carbocycles. The van der Waals surface area contributed by atoms with Crippen LogP contribution in [0.15, 0.2) is 36.5 Å². The van der Waals surface area contributed by atoms with Gasteiger partial charge in [-0.2, -0.15) is 0 Å². The molecule has 25 heavy (non-hydrogen) atoms. The molecule has 0 radical (unpaired) electrons. The molecule has 2 aromatic rings. The lowest BCUT2D eigenvalue weighted by atomic mass is 9.73. The van der Waals surface area contributed by atoms with E-state index in [0.717, 1.165) is 49.7 Å². The van der Waals surface area contributed by atoms with Gasteiger partial charge in [0, 0.05) is 38.0 Å². The zero-order valence-electron chi connectivity index (χ0n) is 14.7. The van der Waals surface area contributed by atoms with Gasteiger partial charge in [0.05, 0.1) is 5.52 Å². The van der Waals surface area contributed by atoms with Gasteiger partial charge in [-0.3, -0.25) is 14.7 Å². The standard InChI is InChI=1S/C20H25N3O2/c1-21-18(25)14-20(9-13-24)7-11-23(12-8-20)15-17-5-2-4-16-6-3-10-22-19(16)17/h2-6,10,13H,7-9,11-12,14-15H2,1H3,(H,21,25). The number of fused-ring (bicyclic) bond motifs is 1. The van der Waals surface area contributed by atoms with E-state index in [2.05, 4.69) is 39.5 Å². The van der Waals surface area contributed by atoms with Gasteiger partial charge in [-0.05, 0) is 43.0 Å². The molecule has 3 rings (SSSR count). The highest BCUT2D eigenvalue weighted by molar-refractivity contribution is 5.81. The lowest BCUT2D eigenvalue weighted by molar-refractivity contribution is -0.124. The number of para-hydroxylation sites is 1. The van der Waals surface area contributed by atoms with Crippen molar-refractivity contribution in [2.24, 2.45) is 5.41 Å². The third-order valence-electron chi connectivity index (χ3n) is 5.36. The van der Waals surface area contributed by atoms with E-state index in [4.69, 9.17) is 0 Å². The molecule has 1 aromatic carbocycles. The number of piperidine rings is 1. The molecule has 1 aromatic heterocycles. The fourth-order valence-corrected chi connectivity index (χ4v) is 3.78. The lowest BCUT2D eigenvalue weighted by Crippen LogP contribution is -2.42. The summed E-state index contributed by atoms with van der Waals surface area (Å²) in [7, 11) is 1.65. The van der Waals surface area contributed by atoms with Crippen molar-refractivity contribution in [3.8, 4) is 0 Å². The molecular formula is C20H25N3O2. The van der Waals surface area contributed by atoms with E-state index in [0.29, 0.717) is 12.8 Å². The van der Waals surface area contributed by atoms with Crippen LogP contribution in [-0.2, 0) is 16.1 Å². The van der Waals surface area contributed by atoms with Crippen LogP contribution in [0.3, 0.4) is 0 Å². The molecule has 132 valence electrons. The molecular weight excluding hydrogens is 314 g/mol. The number of likely N-dealkylation sites (tertiary alicyclic amines) is 1. The number of nitrogens with one attached hydrogen (secondary N) is 1. The minimum atomic E-state index is -0.185. The first-order valence-electron chi connectivity index (χ1n) is 8.85. The van der Waals surface area contributed by atoms with Crippen molar-refractivity contribution in [2.75, 3.05) is 20.1 Å². The van der Waals surface area contributed by atoms with Gasteiger partial charge < -0.3 is 10.1 Å². The Kier molecular flexibility index (Phi) is 5.43. The van der Waals surface area contributed by atoms with Crippen LogP contribution in [0.1, 0.15) is 31.2 Å². The van der Waals surface area contributed by atoms with Crippen LogP contribution in [-0.4, -0.2) is 42.2 Å². The van der Waals surface area contributed by atoms with E-state index in [9.17, 15) is 9.59 Å². The molecule has 0 atom stereocenters. The lowest BCUT2D eigenvalue weighted by Gasteiger charge is -2.40. The van der Waals surface area contributed by atoms with E-state index in [1.807, 2.05) is 12.3 Å². The number of nitrogens with zero attached hydrogens (tertiary/aromatic N) is 2. The summed E-state index contributed by atoms with van der Waals surface area (Å²) >= 11 is 0. The van der Waals surface area contributed by atoms with Crippen molar-refractivity contribution in [1.82, 2.24) is 15.2 Å². The van der Waals surface area contributed by atoms with E-state index >= 15 is 0 Å². The van der Waals surface area contributed by atoms with Crippen molar-refractivity contribution in [3.05, 3.63) is 42.1 Å². The zero-order chi connectivity index (χ0) is 17.7. The molecule has 0 saturated carbocycles. The van der Waals surface area contributed by atoms with E-state index < -0.39 is 0 Å². The smallest absolute Gasteiger partial charge is 0.220 e. The first kappa shape index (κ1) is 17.5. The highest BCUT2D eigenvalue weighted by Crippen LogP contribution is 2.38. The van der Waals surface area contributed by atoms with E-state index in [1.165, 1.54) is 5.56 Å². The first-order valence-corrected chi connectivity index (χ1v) is 8.85. The predicted octanol–water partition coefficient (Wildman–Crippen LogP) is 2.54. The fraction of sp³-hybridized carbons (Fsp3) is 0.450. The molecule has 1 fully saturated rings. The minimum absolute atomic E-state index is 0.0218. The number of pyridine rings is 1. The average molecular weight is 339 g/mol. The number of hydrogen-bond donors (Lipinski definition) is 1. The third-order valence-corrected chi connectivity index (χ3v) is 5.36. The van der Waals surface area contributed by atoms with Gasteiger partial charge in [-0.15, -0.1) is 0 Å². The monoisotopic (exact) mass is 339 g/mol. The summed E-state index contributed by atoms with van der Waals surface area (Å²) in [6, 6.07) is 10.3. The van der Waals surface area contributed by atoms with Crippen molar-refractivity contribution in [3.63, 3.8) is 0 Å². The Morgan fingerprint density at radius 1 is 1.28 bits per heavy atom. The molecule has 5 heteroatoms. The highest BCUT2D eigenvalue weighted by atomic mass is 16.1. The summed E-state index contributed by atoms with van der Waals surface area (Å²) in [4.78, 5) is 29.9. The molecule has 1 aliphatic heterocycles. The van der Waals surface area contributed by atoms with Gasteiger partial charge in [0.1, 0.15) is 6.29 Å². The van der Waals surface area contributed by atoms with Gasteiger partial charge in [-0.1, -0.05) is 24.3 Å². The molecule has 1 amide bonds. The van der Waals surface area contributed by atoms with Gasteiger partial charge in [0.25, 0.3) is 0 Å². The number of carbonyl (C=O) groups excluding carboxylic acids is 2. The Labute approximate surface area is 148 Å². The quantitative estimate of drug-likeness (QED) is 0.822. The summed E-state index contributed by atoms with van der Waals surface area (Å²) in [5, 5.41) is 3.85. The Morgan fingerprint density at radius 3 is 2.76 bits per heavy atom. The van der Waals surface area contributed by atoms with Crippen molar-refractivity contribution >= 4 is 23.1 Å². The third kappa shape index (κ3) is 4.04. The second kappa shape index (κ2) is 7.74. The van der Waals surface area contributed by atoms with Crippen LogP contribution < -0.4 is 5.32 Å². The maximum Gasteiger partial charge on any atom is 0.220 e. The van der Waals surface area contributed by atoms with Gasteiger partial charge in [-0.25, -0.2) is 0 Å². The van der Waals surface area contributed by atoms with Crippen molar-refractivity contribution in [2.45, 2.75) is 32.2 Å². The molecule has 1 aliphatic rings. The second-order valence-electron chi connectivity index (χ2n) is 6.99. The maximum absolute atomic E-state index is 11.8. The summed E-state index contributed by atoms with van der Waals surface area (Å²) in [6.07, 6.45) is 5.44. The summed E-state index contributed by atoms with van der Waals surface area (Å²) in [5.41, 5.74) is 2.10. The van der Waals surface area contributed by atoms with Crippen molar-refractivity contribution < 1.29 is 9.59 Å². The molecule has 0 bridgehead atoms. The average Bonchev–Trinajstić information content (AvgIpc) is 2.64. The van der Waals surface area contributed by atoms with Gasteiger partial charge in [0.15, 0.2) is 0 Å². The largest absolute Gasteiger partial charge is 0.359 e. The van der Waals surface area contributed by atoms with Crippen LogP contribution >= 0.6 is 0 Å². The predicted molar refractivity (Wildman–Crippen MR) is 98.1 cm³/mol. The number of carbonyl (C=O) groups is 2. The number of hydrogen-bond acceptors (Lipinski definition) is 4.